The van der Waals surface area contributed by atoms with Crippen LogP contribution in [0.2, 0.25) is 0 Å². The van der Waals surface area contributed by atoms with E-state index in [0.717, 1.165) is 37.7 Å². The van der Waals surface area contributed by atoms with E-state index in [1.165, 1.54) is 4.31 Å². The topological polar surface area (TPSA) is 77.9 Å². The van der Waals surface area contributed by atoms with Gasteiger partial charge in [-0.1, -0.05) is 55.7 Å². The summed E-state index contributed by atoms with van der Waals surface area (Å²) in [5, 5.41) is 10.1. The number of sulfonamides is 1. The summed E-state index contributed by atoms with van der Waals surface area (Å²) in [4.78, 5) is 15.4. The number of hydrogen-bond donors (Lipinski definition) is 1. The van der Waals surface area contributed by atoms with Crippen LogP contribution in [0.5, 0.6) is 0 Å². The average Bonchev–Trinajstić information content (AvgIpc) is 2.80. The van der Waals surface area contributed by atoms with Crippen LogP contribution >= 0.6 is 0 Å². The van der Waals surface area contributed by atoms with Gasteiger partial charge in [-0.05, 0) is 36.6 Å². The van der Waals surface area contributed by atoms with Gasteiger partial charge in [0, 0.05) is 11.8 Å². The molecule has 0 aromatic heterocycles. The number of rotatable bonds is 4. The minimum absolute atomic E-state index is 0.0138. The lowest BCUT2D eigenvalue weighted by molar-refractivity contribution is -0.156. The summed E-state index contributed by atoms with van der Waals surface area (Å²) in [5.41, 5.74) is 1.54. The van der Waals surface area contributed by atoms with Gasteiger partial charge >= 0.3 is 0 Å². The molecular weight excluding hydrogens is 412 g/mol. The van der Waals surface area contributed by atoms with E-state index in [2.05, 4.69) is 0 Å². The lowest BCUT2D eigenvalue weighted by Gasteiger charge is -2.59. The molecule has 2 aromatic carbocycles. The number of carbonyl (C=O) groups excluding carboxylic acids is 1. The second-order valence-electron chi connectivity index (χ2n) is 8.83. The van der Waals surface area contributed by atoms with Gasteiger partial charge in [-0.3, -0.25) is 9.10 Å². The van der Waals surface area contributed by atoms with Gasteiger partial charge in [0.2, 0.25) is 5.91 Å². The fourth-order valence-electron chi connectivity index (χ4n) is 5.66. The predicted molar refractivity (Wildman–Crippen MR) is 118 cm³/mol. The van der Waals surface area contributed by atoms with E-state index in [-0.39, 0.29) is 47.9 Å². The van der Waals surface area contributed by atoms with Crippen LogP contribution in [0, 0.1) is 5.92 Å². The van der Waals surface area contributed by atoms with E-state index in [9.17, 15) is 18.3 Å². The van der Waals surface area contributed by atoms with Crippen molar-refractivity contribution in [3.63, 3.8) is 0 Å². The van der Waals surface area contributed by atoms with E-state index < -0.39 is 10.0 Å². The minimum atomic E-state index is -3.76. The number of fused-ring (bicyclic) bond motifs is 3. The molecule has 2 aliphatic heterocycles. The highest BCUT2D eigenvalue weighted by atomic mass is 32.2. The Morgan fingerprint density at radius 1 is 0.968 bits per heavy atom. The molecule has 1 aliphatic carbocycles. The first-order valence-corrected chi connectivity index (χ1v) is 12.6. The predicted octanol–water partition coefficient (Wildman–Crippen LogP) is 3.13. The third-order valence-electron chi connectivity index (χ3n) is 7.19. The van der Waals surface area contributed by atoms with E-state index in [1.54, 1.807) is 35.2 Å². The maximum Gasteiger partial charge on any atom is 0.264 e. The molecule has 1 amide bonds. The molecule has 2 fully saturated rings. The summed E-state index contributed by atoms with van der Waals surface area (Å²) in [7, 11) is -3.76. The number of carbonyl (C=O) groups is 1. The number of aliphatic hydroxyl groups excluding tert-OH is 1. The zero-order valence-electron chi connectivity index (χ0n) is 17.4. The summed E-state index contributed by atoms with van der Waals surface area (Å²) < 4.78 is 28.5. The van der Waals surface area contributed by atoms with E-state index >= 15 is 0 Å². The van der Waals surface area contributed by atoms with Gasteiger partial charge in [-0.15, -0.1) is 0 Å². The smallest absolute Gasteiger partial charge is 0.264 e. The molecule has 2 aromatic rings. The summed E-state index contributed by atoms with van der Waals surface area (Å²) in [6, 6.07) is 15.4. The number of hydrogen-bond acceptors (Lipinski definition) is 4. The molecule has 164 valence electrons. The van der Waals surface area contributed by atoms with Crippen molar-refractivity contribution in [3.8, 4) is 0 Å². The first-order valence-electron chi connectivity index (χ1n) is 11.1. The Morgan fingerprint density at radius 2 is 1.65 bits per heavy atom. The van der Waals surface area contributed by atoms with Crippen molar-refractivity contribution >= 4 is 21.6 Å². The molecule has 1 saturated carbocycles. The van der Waals surface area contributed by atoms with Gasteiger partial charge in [0.15, 0.2) is 0 Å². The quantitative estimate of drug-likeness (QED) is 0.792. The SMILES string of the molecule is O=C(C1CCCCC1)N1[C@@H]2CN(S(=O)(=O)c3ccccc3)c3ccccc3[C@@H]2[C@@H]1CO. The van der Waals surface area contributed by atoms with Crippen LogP contribution in [0.1, 0.15) is 43.6 Å². The molecule has 7 heteroatoms. The fraction of sp³-hybridized carbons (Fsp3) is 0.458. The van der Waals surface area contributed by atoms with Crippen molar-refractivity contribution < 1.29 is 18.3 Å². The third kappa shape index (κ3) is 3.26. The number of likely N-dealkylation sites (tertiary alicyclic amines) is 1. The molecule has 6 nitrogen and oxygen atoms in total. The van der Waals surface area contributed by atoms with Crippen LogP contribution in [0.25, 0.3) is 0 Å². The fourth-order valence-corrected chi connectivity index (χ4v) is 7.19. The number of nitrogens with zero attached hydrogens (tertiary/aromatic N) is 2. The zero-order valence-corrected chi connectivity index (χ0v) is 18.2. The molecule has 3 atom stereocenters. The highest BCUT2D eigenvalue weighted by molar-refractivity contribution is 7.92. The first kappa shape index (κ1) is 20.5. The van der Waals surface area contributed by atoms with Gasteiger partial charge in [-0.25, -0.2) is 8.42 Å². The van der Waals surface area contributed by atoms with Crippen LogP contribution in [-0.4, -0.2) is 49.6 Å². The lowest BCUT2D eigenvalue weighted by atomic mass is 9.71. The second kappa shape index (κ2) is 7.95. The summed E-state index contributed by atoms with van der Waals surface area (Å²) >= 11 is 0. The van der Waals surface area contributed by atoms with Crippen LogP contribution < -0.4 is 4.31 Å². The van der Waals surface area contributed by atoms with E-state index in [4.69, 9.17) is 0 Å². The van der Waals surface area contributed by atoms with Crippen LogP contribution in [-0.2, 0) is 14.8 Å². The third-order valence-corrected chi connectivity index (χ3v) is 8.98. The molecule has 0 spiro atoms. The first-order chi connectivity index (χ1) is 15.0. The summed E-state index contributed by atoms with van der Waals surface area (Å²) in [6.07, 6.45) is 5.04. The van der Waals surface area contributed by atoms with Gasteiger partial charge in [0.25, 0.3) is 10.0 Å². The van der Waals surface area contributed by atoms with Gasteiger partial charge < -0.3 is 10.0 Å². The maximum absolute atomic E-state index is 13.5. The normalized spacial score (nSPS) is 26.0. The van der Waals surface area contributed by atoms with Crippen molar-refractivity contribution in [3.05, 3.63) is 60.2 Å². The average molecular weight is 441 g/mol. The van der Waals surface area contributed by atoms with Crippen molar-refractivity contribution in [1.82, 2.24) is 4.90 Å². The number of benzene rings is 2. The Balaban J connectivity index is 1.53. The number of amides is 1. The molecule has 5 rings (SSSR count). The van der Waals surface area contributed by atoms with Crippen LogP contribution in [0.4, 0.5) is 5.69 Å². The lowest BCUT2D eigenvalue weighted by Crippen LogP contribution is -2.71. The molecule has 3 aliphatic rings. The molecule has 2 heterocycles. The minimum Gasteiger partial charge on any atom is -0.394 e. The second-order valence-corrected chi connectivity index (χ2v) is 10.7. The van der Waals surface area contributed by atoms with Gasteiger partial charge in [-0.2, -0.15) is 0 Å². The van der Waals surface area contributed by atoms with Crippen molar-refractivity contribution in [2.75, 3.05) is 17.5 Å². The Bertz CT molecular complexity index is 1070. The molecule has 0 unspecified atom stereocenters. The molecule has 0 bridgehead atoms. The highest BCUT2D eigenvalue weighted by Crippen LogP contribution is 2.50. The number of anilines is 1. The maximum atomic E-state index is 13.5. The Labute approximate surface area is 183 Å². The number of para-hydroxylation sites is 1. The molecule has 1 saturated heterocycles. The monoisotopic (exact) mass is 440 g/mol. The van der Waals surface area contributed by atoms with Crippen molar-refractivity contribution in [2.24, 2.45) is 5.92 Å². The number of aliphatic hydroxyl groups is 1. The molecule has 31 heavy (non-hydrogen) atoms. The van der Waals surface area contributed by atoms with Gasteiger partial charge in [0.1, 0.15) is 0 Å². The Kier molecular flexibility index (Phi) is 5.26. The summed E-state index contributed by atoms with van der Waals surface area (Å²) in [5.74, 6) is 0.0208. The van der Waals surface area contributed by atoms with Gasteiger partial charge in [0.05, 0.1) is 35.8 Å². The highest BCUT2D eigenvalue weighted by Gasteiger charge is 2.56. The van der Waals surface area contributed by atoms with Crippen molar-refractivity contribution in [2.45, 2.75) is 55.0 Å². The van der Waals surface area contributed by atoms with E-state index in [1.807, 2.05) is 24.3 Å². The largest absolute Gasteiger partial charge is 0.394 e. The molecule has 1 N–H and O–H groups in total. The van der Waals surface area contributed by atoms with E-state index in [0.29, 0.717) is 5.69 Å². The van der Waals surface area contributed by atoms with Crippen LogP contribution in [0.3, 0.4) is 0 Å². The Hall–Kier alpha value is -2.38. The summed E-state index contributed by atoms with van der Waals surface area (Å²) in [6.45, 7) is 0.104. The molecule has 0 radical (unpaired) electrons. The standard InChI is InChI=1S/C24H28N2O4S/c27-16-22-23-19-13-7-8-14-20(19)25(31(29,30)18-11-5-2-6-12-18)15-21(23)26(22)24(28)17-9-3-1-4-10-17/h2,5-8,11-14,17,21-23,27H,1,3-4,9-10,15-16H2/t21-,22+,23+/m1/s1. The van der Waals surface area contributed by atoms with Crippen LogP contribution in [0.15, 0.2) is 59.5 Å². The Morgan fingerprint density at radius 3 is 2.35 bits per heavy atom. The molecular formula is C24H28N2O4S. The zero-order chi connectivity index (χ0) is 21.6. The van der Waals surface area contributed by atoms with Crippen molar-refractivity contribution in [1.29, 1.82) is 0 Å².